The molecule has 1 N–H and O–H groups in total. The van der Waals surface area contributed by atoms with E-state index in [1.165, 1.54) is 0 Å². The van der Waals surface area contributed by atoms with Crippen LogP contribution in [-0.2, 0) is 9.22 Å². The van der Waals surface area contributed by atoms with Crippen molar-refractivity contribution in [3.63, 3.8) is 0 Å². The number of carbonyl (C=O) groups excluding carboxylic acids is 1. The number of ketones is 1. The number of aliphatic hydroxyl groups is 1. The van der Waals surface area contributed by atoms with E-state index in [1.807, 2.05) is 24.3 Å². The van der Waals surface area contributed by atoms with Gasteiger partial charge in [0.15, 0.2) is 14.1 Å². The molecule has 1 aromatic rings. The van der Waals surface area contributed by atoms with E-state index in [2.05, 4.69) is 33.9 Å². The van der Waals surface area contributed by atoms with E-state index in [-0.39, 0.29) is 23.5 Å². The van der Waals surface area contributed by atoms with Gasteiger partial charge in [0, 0.05) is 13.0 Å². The van der Waals surface area contributed by atoms with Crippen LogP contribution in [0.5, 0.6) is 5.75 Å². The highest BCUT2D eigenvalue weighted by molar-refractivity contribution is 6.74. The zero-order valence-corrected chi connectivity index (χ0v) is 17.3. The maximum Gasteiger partial charge on any atom is 0.192 e. The number of hydrogen-bond donors (Lipinski definition) is 1. The summed E-state index contributed by atoms with van der Waals surface area (Å²) in [4.78, 5) is 12.3. The third kappa shape index (κ3) is 6.76. The van der Waals surface area contributed by atoms with E-state index in [1.54, 1.807) is 19.3 Å². The molecule has 0 aliphatic rings. The van der Waals surface area contributed by atoms with Crippen LogP contribution >= 0.6 is 0 Å². The molecule has 0 spiro atoms. The molecule has 1 aromatic carbocycles. The van der Waals surface area contributed by atoms with Gasteiger partial charge in [-0.2, -0.15) is 0 Å². The third-order valence-corrected chi connectivity index (χ3v) is 9.20. The van der Waals surface area contributed by atoms with Crippen molar-refractivity contribution in [2.45, 2.75) is 57.8 Å². The Labute approximate surface area is 153 Å². The second-order valence-electron chi connectivity index (χ2n) is 7.73. The molecule has 0 aliphatic heterocycles. The quantitative estimate of drug-likeness (QED) is 0.511. The zero-order chi connectivity index (χ0) is 19.1. The molecule has 25 heavy (non-hydrogen) atoms. The van der Waals surface area contributed by atoms with E-state index in [0.717, 1.165) is 11.3 Å². The number of benzene rings is 1. The fourth-order valence-corrected chi connectivity index (χ4v) is 3.40. The Balaban J connectivity index is 3.02. The van der Waals surface area contributed by atoms with E-state index >= 15 is 0 Å². The number of rotatable bonds is 9. The van der Waals surface area contributed by atoms with Gasteiger partial charge < -0.3 is 14.3 Å². The first-order chi connectivity index (χ1) is 11.6. The number of ether oxygens (including phenoxy) is 1. The molecule has 1 atom stereocenters. The van der Waals surface area contributed by atoms with Crippen LogP contribution in [0.3, 0.4) is 0 Å². The first kappa shape index (κ1) is 21.6. The van der Waals surface area contributed by atoms with Crippen molar-refractivity contribution in [3.8, 4) is 5.75 Å². The van der Waals surface area contributed by atoms with E-state index in [4.69, 9.17) is 14.3 Å². The predicted molar refractivity (Wildman–Crippen MR) is 104 cm³/mol. The fourth-order valence-electron chi connectivity index (χ4n) is 2.12. The molecule has 4 nitrogen and oxygen atoms in total. The summed E-state index contributed by atoms with van der Waals surface area (Å²) in [5.41, 5.74) is 0.981. The monoisotopic (exact) mass is 364 g/mol. The largest absolute Gasteiger partial charge is 0.497 e. The van der Waals surface area contributed by atoms with Crippen LogP contribution in [0.15, 0.2) is 36.4 Å². The molecule has 0 saturated heterocycles. The number of hydrogen-bond acceptors (Lipinski definition) is 4. The van der Waals surface area contributed by atoms with Crippen molar-refractivity contribution in [2.24, 2.45) is 0 Å². The first-order valence-electron chi connectivity index (χ1n) is 8.72. The van der Waals surface area contributed by atoms with Crippen LogP contribution in [-0.4, -0.2) is 32.9 Å². The fraction of sp³-hybridized carbons (Fsp3) is 0.550. The van der Waals surface area contributed by atoms with Crippen molar-refractivity contribution in [3.05, 3.63) is 42.0 Å². The first-order valence-corrected chi connectivity index (χ1v) is 11.6. The minimum atomic E-state index is -2.03. The lowest BCUT2D eigenvalue weighted by Crippen LogP contribution is -2.42. The second-order valence-corrected chi connectivity index (χ2v) is 12.5. The number of methoxy groups -OCH3 is 1. The summed E-state index contributed by atoms with van der Waals surface area (Å²) >= 11 is 0. The van der Waals surface area contributed by atoms with Crippen molar-refractivity contribution in [2.75, 3.05) is 13.7 Å². The Hall–Kier alpha value is -1.43. The SMILES string of the molecule is COc1ccc(C(CC(=O)/C=C/CCO)O[Si](C)(C)C(C)(C)C)cc1. The summed E-state index contributed by atoms with van der Waals surface area (Å²) in [6.45, 7) is 11.0. The average molecular weight is 365 g/mol. The number of carbonyl (C=O) groups is 1. The maximum absolute atomic E-state index is 12.3. The van der Waals surface area contributed by atoms with Gasteiger partial charge in [-0.3, -0.25) is 4.79 Å². The summed E-state index contributed by atoms with van der Waals surface area (Å²) in [5.74, 6) is 0.789. The lowest BCUT2D eigenvalue weighted by atomic mass is 10.0. The normalized spacial score (nSPS) is 13.9. The highest BCUT2D eigenvalue weighted by Gasteiger charge is 2.39. The van der Waals surface area contributed by atoms with Crippen LogP contribution in [0.4, 0.5) is 0 Å². The molecule has 0 amide bonds. The molecule has 0 saturated carbocycles. The van der Waals surface area contributed by atoms with Crippen LogP contribution in [0.1, 0.15) is 45.3 Å². The zero-order valence-electron chi connectivity index (χ0n) is 16.3. The topological polar surface area (TPSA) is 55.8 Å². The van der Waals surface area contributed by atoms with Gasteiger partial charge >= 0.3 is 0 Å². The van der Waals surface area contributed by atoms with Crippen LogP contribution in [0.25, 0.3) is 0 Å². The molecule has 1 unspecified atom stereocenters. The van der Waals surface area contributed by atoms with Gasteiger partial charge in [-0.1, -0.05) is 39.0 Å². The van der Waals surface area contributed by atoms with Gasteiger partial charge in [0.25, 0.3) is 0 Å². The molecular weight excluding hydrogens is 332 g/mol. The number of allylic oxidation sites excluding steroid dienone is 1. The highest BCUT2D eigenvalue weighted by Crippen LogP contribution is 2.40. The van der Waals surface area contributed by atoms with Gasteiger partial charge in [-0.15, -0.1) is 0 Å². The molecule has 5 heteroatoms. The molecule has 0 radical (unpaired) electrons. The molecule has 0 bridgehead atoms. The highest BCUT2D eigenvalue weighted by atomic mass is 28.4. The van der Waals surface area contributed by atoms with Gasteiger partial charge in [-0.05, 0) is 48.3 Å². The van der Waals surface area contributed by atoms with Gasteiger partial charge in [-0.25, -0.2) is 0 Å². The van der Waals surface area contributed by atoms with Crippen molar-refractivity contribution >= 4 is 14.1 Å². The van der Waals surface area contributed by atoms with E-state index in [0.29, 0.717) is 12.8 Å². The summed E-state index contributed by atoms with van der Waals surface area (Å²) in [6.07, 6.45) is 3.75. The maximum atomic E-state index is 12.3. The Morgan fingerprint density at radius 2 is 1.84 bits per heavy atom. The summed E-state index contributed by atoms with van der Waals surface area (Å²) in [7, 11) is -0.392. The molecule has 0 fully saturated rings. The van der Waals surface area contributed by atoms with Crippen molar-refractivity contribution in [1.82, 2.24) is 0 Å². The second kappa shape index (κ2) is 9.32. The van der Waals surface area contributed by atoms with E-state index in [9.17, 15) is 4.79 Å². The van der Waals surface area contributed by atoms with Crippen LogP contribution < -0.4 is 4.74 Å². The predicted octanol–water partition coefficient (Wildman–Crippen LogP) is 4.66. The minimum absolute atomic E-state index is 0.00739. The Morgan fingerprint density at radius 3 is 2.32 bits per heavy atom. The molecule has 0 aliphatic carbocycles. The molecule has 0 heterocycles. The number of aliphatic hydroxyl groups excluding tert-OH is 1. The summed E-state index contributed by atoms with van der Waals surface area (Å²) in [6, 6.07) is 7.70. The van der Waals surface area contributed by atoms with Gasteiger partial charge in [0.1, 0.15) is 5.75 Å². The Bertz CT molecular complexity index is 570. The minimum Gasteiger partial charge on any atom is -0.497 e. The molecule has 140 valence electrons. The standard InChI is InChI=1S/C20H32O4Si/c1-20(2,3)25(5,6)24-19(15-17(22)9-7-8-14-21)16-10-12-18(23-4)13-11-16/h7,9-13,19,21H,8,14-15H2,1-6H3/b9-7+. The van der Waals surface area contributed by atoms with E-state index < -0.39 is 8.32 Å². The summed E-state index contributed by atoms with van der Waals surface area (Å²) in [5, 5.41) is 8.90. The van der Waals surface area contributed by atoms with Crippen molar-refractivity contribution < 1.29 is 19.1 Å². The summed E-state index contributed by atoms with van der Waals surface area (Å²) < 4.78 is 11.7. The van der Waals surface area contributed by atoms with Gasteiger partial charge in [0.2, 0.25) is 0 Å². The average Bonchev–Trinajstić information content (AvgIpc) is 2.53. The van der Waals surface area contributed by atoms with Crippen LogP contribution in [0.2, 0.25) is 18.1 Å². The Morgan fingerprint density at radius 1 is 1.24 bits per heavy atom. The van der Waals surface area contributed by atoms with Gasteiger partial charge in [0.05, 0.1) is 13.2 Å². The lowest BCUT2D eigenvalue weighted by Gasteiger charge is -2.39. The molecule has 1 rings (SSSR count). The molecular formula is C20H32O4Si. The van der Waals surface area contributed by atoms with Crippen molar-refractivity contribution in [1.29, 1.82) is 0 Å². The third-order valence-electron chi connectivity index (χ3n) is 4.72. The lowest BCUT2D eigenvalue weighted by molar-refractivity contribution is -0.116. The smallest absolute Gasteiger partial charge is 0.192 e. The van der Waals surface area contributed by atoms with Crippen LogP contribution in [0, 0.1) is 0 Å². The molecule has 0 aromatic heterocycles. The Kier molecular flexibility index (Phi) is 8.05.